The molecule has 5 heteroatoms. The Hall–Kier alpha value is -1.89. The molecule has 0 aliphatic rings. The topological polar surface area (TPSA) is 36.1 Å². The largest absolute Gasteiger partial charge is 0.293 e. The highest BCUT2D eigenvalue weighted by Crippen LogP contribution is 2.34. The van der Waals surface area contributed by atoms with Crippen molar-refractivity contribution in [1.82, 2.24) is 0 Å². The van der Waals surface area contributed by atoms with Crippen LogP contribution in [0.1, 0.15) is 18.1 Å². The standard InChI is InChI=1S/C12H8F2N2S/c1-2-5-12(13,14)11-6-10(16-8-17)4-3-9(11)7-15/h2-6H,1H3/b5-2+. The minimum absolute atomic E-state index is 0.0866. The first kappa shape index (κ1) is 13.2. The number of hydrogen-bond donors (Lipinski definition) is 0. The Balaban J connectivity index is 3.43. The molecule has 0 aromatic heterocycles. The highest BCUT2D eigenvalue weighted by molar-refractivity contribution is 7.78. The summed E-state index contributed by atoms with van der Waals surface area (Å²) in [5.41, 5.74) is -0.223. The first-order valence-corrected chi connectivity index (χ1v) is 5.10. The molecule has 0 heterocycles. The molecule has 2 nitrogen and oxygen atoms in total. The number of nitrogens with zero attached hydrogens (tertiary/aromatic N) is 2. The lowest BCUT2D eigenvalue weighted by Crippen LogP contribution is -2.11. The number of isothiocyanates is 1. The number of allylic oxidation sites excluding steroid dienone is 2. The van der Waals surface area contributed by atoms with E-state index in [1.54, 1.807) is 6.07 Å². The second kappa shape index (κ2) is 5.44. The zero-order chi connectivity index (χ0) is 12.9. The zero-order valence-electron chi connectivity index (χ0n) is 8.95. The maximum Gasteiger partial charge on any atom is 0.293 e. The number of halogens is 2. The summed E-state index contributed by atoms with van der Waals surface area (Å²) in [4.78, 5) is 3.61. The zero-order valence-corrected chi connectivity index (χ0v) is 9.76. The Kier molecular flexibility index (Phi) is 4.22. The average molecular weight is 250 g/mol. The van der Waals surface area contributed by atoms with Crippen LogP contribution in [0, 0.1) is 11.3 Å². The quantitative estimate of drug-likeness (QED) is 0.462. The van der Waals surface area contributed by atoms with Crippen LogP contribution < -0.4 is 0 Å². The minimum Gasteiger partial charge on any atom is -0.196 e. The number of thiocarbonyl (C=S) groups is 1. The van der Waals surface area contributed by atoms with Gasteiger partial charge in [0.25, 0.3) is 5.92 Å². The van der Waals surface area contributed by atoms with Crippen molar-refractivity contribution in [2.24, 2.45) is 4.99 Å². The molecule has 0 unspecified atom stereocenters. The van der Waals surface area contributed by atoms with E-state index in [1.165, 1.54) is 25.1 Å². The van der Waals surface area contributed by atoms with Crippen molar-refractivity contribution in [2.45, 2.75) is 12.8 Å². The lowest BCUT2D eigenvalue weighted by molar-refractivity contribution is 0.0517. The van der Waals surface area contributed by atoms with Gasteiger partial charge in [-0.2, -0.15) is 19.0 Å². The summed E-state index contributed by atoms with van der Waals surface area (Å²) in [6.45, 7) is 1.49. The number of benzene rings is 1. The second-order valence-electron chi connectivity index (χ2n) is 3.17. The molecule has 0 aliphatic carbocycles. The van der Waals surface area contributed by atoms with Gasteiger partial charge in [-0.1, -0.05) is 6.08 Å². The van der Waals surface area contributed by atoms with Crippen molar-refractivity contribution in [1.29, 1.82) is 5.26 Å². The average Bonchev–Trinajstić information content (AvgIpc) is 2.29. The molecule has 1 aromatic carbocycles. The van der Waals surface area contributed by atoms with Crippen LogP contribution in [0.3, 0.4) is 0 Å². The van der Waals surface area contributed by atoms with Crippen LogP contribution in [0.15, 0.2) is 35.3 Å². The Labute approximate surface area is 103 Å². The summed E-state index contributed by atoms with van der Waals surface area (Å²) in [6.07, 6.45) is 1.96. The summed E-state index contributed by atoms with van der Waals surface area (Å²) >= 11 is 4.40. The van der Waals surface area contributed by atoms with E-state index in [0.717, 1.165) is 12.1 Å². The molecular formula is C12H8F2N2S. The molecule has 86 valence electrons. The lowest BCUT2D eigenvalue weighted by Gasteiger charge is -2.13. The Bertz CT molecular complexity index is 538. The molecule has 0 spiro atoms. The highest BCUT2D eigenvalue weighted by Gasteiger charge is 2.30. The highest BCUT2D eigenvalue weighted by atomic mass is 32.1. The van der Waals surface area contributed by atoms with Crippen molar-refractivity contribution in [3.8, 4) is 6.07 Å². The maximum absolute atomic E-state index is 13.7. The summed E-state index contributed by atoms with van der Waals surface area (Å²) in [6, 6.07) is 5.59. The molecule has 1 rings (SSSR count). The van der Waals surface area contributed by atoms with Crippen molar-refractivity contribution in [3.63, 3.8) is 0 Å². The molecule has 0 fully saturated rings. The number of alkyl halides is 2. The number of aliphatic imine (C=N–C) groups is 1. The summed E-state index contributed by atoms with van der Waals surface area (Å²) in [7, 11) is 0. The van der Waals surface area contributed by atoms with Crippen LogP contribution in [-0.4, -0.2) is 5.16 Å². The van der Waals surface area contributed by atoms with Gasteiger partial charge in [0.1, 0.15) is 0 Å². The van der Waals surface area contributed by atoms with Crippen molar-refractivity contribution in [2.75, 3.05) is 0 Å². The monoisotopic (exact) mass is 250 g/mol. The van der Waals surface area contributed by atoms with E-state index in [9.17, 15) is 8.78 Å². The normalized spacial score (nSPS) is 10.9. The third-order valence-electron chi connectivity index (χ3n) is 2.03. The van der Waals surface area contributed by atoms with Crippen molar-refractivity contribution in [3.05, 3.63) is 41.5 Å². The number of nitriles is 1. The van der Waals surface area contributed by atoms with Gasteiger partial charge in [-0.3, -0.25) is 0 Å². The van der Waals surface area contributed by atoms with Crippen molar-refractivity contribution < 1.29 is 8.78 Å². The van der Waals surface area contributed by atoms with Crippen LogP contribution in [0.4, 0.5) is 14.5 Å². The summed E-state index contributed by atoms with van der Waals surface area (Å²) in [5, 5.41) is 10.9. The van der Waals surface area contributed by atoms with E-state index in [1.807, 2.05) is 0 Å². The molecule has 1 aromatic rings. The van der Waals surface area contributed by atoms with Gasteiger partial charge in [0, 0.05) is 5.56 Å². The van der Waals surface area contributed by atoms with Gasteiger partial charge in [-0.15, -0.1) is 0 Å². The van der Waals surface area contributed by atoms with Gasteiger partial charge in [0.05, 0.1) is 22.5 Å². The van der Waals surface area contributed by atoms with E-state index >= 15 is 0 Å². The maximum atomic E-state index is 13.7. The molecule has 0 saturated heterocycles. The van der Waals surface area contributed by atoms with Crippen LogP contribution in [0.2, 0.25) is 0 Å². The molecule has 0 aliphatic heterocycles. The minimum atomic E-state index is -3.20. The molecule has 0 saturated carbocycles. The van der Waals surface area contributed by atoms with Crippen LogP contribution in [0.25, 0.3) is 0 Å². The molecule has 17 heavy (non-hydrogen) atoms. The van der Waals surface area contributed by atoms with Crippen LogP contribution in [-0.2, 0) is 5.92 Å². The van der Waals surface area contributed by atoms with E-state index in [2.05, 4.69) is 22.4 Å². The van der Waals surface area contributed by atoms with Crippen LogP contribution in [0.5, 0.6) is 0 Å². The third kappa shape index (κ3) is 3.04. The third-order valence-corrected chi connectivity index (χ3v) is 2.12. The summed E-state index contributed by atoms with van der Waals surface area (Å²) < 4.78 is 27.4. The van der Waals surface area contributed by atoms with E-state index in [-0.39, 0.29) is 16.8 Å². The molecule has 0 amide bonds. The molecule has 0 bridgehead atoms. The summed E-state index contributed by atoms with van der Waals surface area (Å²) in [5.74, 6) is -3.20. The smallest absolute Gasteiger partial charge is 0.196 e. The van der Waals surface area contributed by atoms with E-state index in [0.29, 0.717) is 0 Å². The van der Waals surface area contributed by atoms with E-state index in [4.69, 9.17) is 5.26 Å². The van der Waals surface area contributed by atoms with Gasteiger partial charge >= 0.3 is 0 Å². The lowest BCUT2D eigenvalue weighted by atomic mass is 10.0. The Morgan fingerprint density at radius 3 is 2.71 bits per heavy atom. The first-order valence-electron chi connectivity index (χ1n) is 4.69. The second-order valence-corrected chi connectivity index (χ2v) is 3.35. The van der Waals surface area contributed by atoms with Gasteiger partial charge in [-0.05, 0) is 43.4 Å². The van der Waals surface area contributed by atoms with Crippen molar-refractivity contribution >= 4 is 23.1 Å². The van der Waals surface area contributed by atoms with Gasteiger partial charge in [0.15, 0.2) is 0 Å². The predicted octanol–water partition coefficient (Wildman–Crippen LogP) is 3.96. The first-order chi connectivity index (χ1) is 8.05. The van der Waals surface area contributed by atoms with Gasteiger partial charge in [-0.25, -0.2) is 0 Å². The Morgan fingerprint density at radius 1 is 1.47 bits per heavy atom. The predicted molar refractivity (Wildman–Crippen MR) is 64.6 cm³/mol. The fourth-order valence-corrected chi connectivity index (χ4v) is 1.43. The fraction of sp³-hybridized carbons (Fsp3) is 0.167. The SMILES string of the molecule is C/C=C/C(F)(F)c1cc(N=C=S)ccc1C#N. The molecule has 0 atom stereocenters. The van der Waals surface area contributed by atoms with Gasteiger partial charge < -0.3 is 0 Å². The van der Waals surface area contributed by atoms with Crippen LogP contribution >= 0.6 is 12.2 Å². The molecular weight excluding hydrogens is 242 g/mol. The Morgan fingerprint density at radius 2 is 2.18 bits per heavy atom. The number of hydrogen-bond acceptors (Lipinski definition) is 3. The molecule has 0 radical (unpaired) electrons. The van der Waals surface area contributed by atoms with Gasteiger partial charge in [0.2, 0.25) is 0 Å². The number of rotatable bonds is 3. The molecule has 0 N–H and O–H groups in total. The van der Waals surface area contributed by atoms with E-state index < -0.39 is 5.92 Å². The fourth-order valence-electron chi connectivity index (χ4n) is 1.33.